The number of fused-ring (bicyclic) bond motifs is 2. The number of rotatable bonds is 2. The molecule has 1 fully saturated rings. The van der Waals surface area contributed by atoms with Crippen molar-refractivity contribution in [2.75, 3.05) is 33.2 Å². The molecule has 1 saturated heterocycles. The fourth-order valence-corrected chi connectivity index (χ4v) is 5.14. The van der Waals surface area contributed by atoms with E-state index in [0.29, 0.717) is 12.6 Å². The van der Waals surface area contributed by atoms with Crippen molar-refractivity contribution >= 4 is 39.9 Å². The molecule has 5 rings (SSSR count). The van der Waals surface area contributed by atoms with E-state index in [1.165, 1.54) is 22.1 Å². The van der Waals surface area contributed by atoms with Crippen molar-refractivity contribution in [1.29, 1.82) is 0 Å². The fraction of sp³-hybridized carbons (Fsp3) is 0.400. The van der Waals surface area contributed by atoms with Crippen LogP contribution < -0.4 is 5.32 Å². The number of aromatic nitrogens is 1. The van der Waals surface area contributed by atoms with Gasteiger partial charge in [0.05, 0.1) is 13.1 Å². The zero-order chi connectivity index (χ0) is 18.7. The summed E-state index contributed by atoms with van der Waals surface area (Å²) in [5.74, 6) is -0.156. The summed E-state index contributed by atoms with van der Waals surface area (Å²) in [7, 11) is 2.14. The van der Waals surface area contributed by atoms with Crippen molar-refractivity contribution in [2.24, 2.45) is 5.92 Å². The van der Waals surface area contributed by atoms with Gasteiger partial charge >= 0.3 is 0 Å². The smallest absolute Gasteiger partial charge is 0.240 e. The lowest BCUT2D eigenvalue weighted by atomic mass is 9.80. The Kier molecular flexibility index (Phi) is 3.89. The van der Waals surface area contributed by atoms with Crippen LogP contribution in [0.3, 0.4) is 0 Å². The molecule has 1 unspecified atom stereocenters. The highest BCUT2D eigenvalue weighted by atomic mass is 35.5. The van der Waals surface area contributed by atoms with E-state index in [1.807, 2.05) is 4.90 Å². The second-order valence-electron chi connectivity index (χ2n) is 7.83. The molecule has 2 atom stereocenters. The number of benzene rings is 1. The maximum Gasteiger partial charge on any atom is 0.240 e. The van der Waals surface area contributed by atoms with E-state index in [4.69, 9.17) is 11.6 Å². The van der Waals surface area contributed by atoms with Crippen LogP contribution in [0.25, 0.3) is 16.5 Å². The van der Waals surface area contributed by atoms with Crippen LogP contribution in [-0.4, -0.2) is 65.9 Å². The van der Waals surface area contributed by atoms with Crippen molar-refractivity contribution in [1.82, 2.24) is 20.1 Å². The van der Waals surface area contributed by atoms with Crippen LogP contribution >= 0.6 is 11.6 Å². The third kappa shape index (κ3) is 2.79. The maximum absolute atomic E-state index is 11.7. The molecule has 140 valence electrons. The Hall–Kier alpha value is -2.15. The molecule has 3 heterocycles. The molecule has 3 aliphatic rings. The van der Waals surface area contributed by atoms with Gasteiger partial charge in [-0.3, -0.25) is 24.7 Å². The summed E-state index contributed by atoms with van der Waals surface area (Å²) in [4.78, 5) is 31.0. The number of aromatic amines is 1. The molecule has 7 heteroatoms. The summed E-state index contributed by atoms with van der Waals surface area (Å²) < 4.78 is 0. The number of piperazine rings is 1. The molecule has 0 radical (unpaired) electrons. The van der Waals surface area contributed by atoms with E-state index < -0.39 is 0 Å². The van der Waals surface area contributed by atoms with E-state index in [0.717, 1.165) is 23.6 Å². The van der Waals surface area contributed by atoms with E-state index in [9.17, 15) is 9.59 Å². The van der Waals surface area contributed by atoms with Gasteiger partial charge in [0.25, 0.3) is 0 Å². The number of H-pyrrole nitrogens is 1. The number of halogens is 1. The summed E-state index contributed by atoms with van der Waals surface area (Å²) in [6, 6.07) is 6.60. The van der Waals surface area contributed by atoms with Crippen LogP contribution in [0.5, 0.6) is 0 Å². The van der Waals surface area contributed by atoms with Crippen LogP contribution in [0, 0.1) is 5.92 Å². The predicted molar refractivity (Wildman–Crippen MR) is 104 cm³/mol. The lowest BCUT2D eigenvalue weighted by molar-refractivity contribution is -0.136. The van der Waals surface area contributed by atoms with Gasteiger partial charge in [0.2, 0.25) is 11.8 Å². The van der Waals surface area contributed by atoms with Crippen LogP contribution in [0.4, 0.5) is 0 Å². The highest BCUT2D eigenvalue weighted by molar-refractivity contribution is 6.32. The SMILES string of the molecule is CN1CC(CN2CC(=O)NC(=O)C2)C=C2c3cccc4[nH]c(Cl)c(c34)C[C@H]21. The molecule has 0 saturated carbocycles. The average Bonchev–Trinajstić information content (AvgIpc) is 2.92. The van der Waals surface area contributed by atoms with Crippen molar-refractivity contribution in [3.05, 3.63) is 40.6 Å². The van der Waals surface area contributed by atoms with Gasteiger partial charge in [-0.1, -0.05) is 29.8 Å². The Balaban J connectivity index is 1.51. The normalized spacial score (nSPS) is 26.1. The number of nitrogens with zero attached hydrogens (tertiary/aromatic N) is 2. The molecular formula is C20H21ClN4O2. The van der Waals surface area contributed by atoms with Gasteiger partial charge in [0.1, 0.15) is 5.15 Å². The quantitative estimate of drug-likeness (QED) is 0.772. The van der Waals surface area contributed by atoms with E-state index >= 15 is 0 Å². The predicted octanol–water partition coefficient (Wildman–Crippen LogP) is 1.65. The molecule has 2 aliphatic heterocycles. The number of nitrogens with one attached hydrogen (secondary N) is 2. The minimum absolute atomic E-state index is 0.213. The highest BCUT2D eigenvalue weighted by Crippen LogP contribution is 2.43. The van der Waals surface area contributed by atoms with Gasteiger partial charge in [-0.15, -0.1) is 0 Å². The number of amides is 2. The lowest BCUT2D eigenvalue weighted by Gasteiger charge is -2.41. The zero-order valence-corrected chi connectivity index (χ0v) is 15.8. The molecule has 1 aromatic heterocycles. The Labute approximate surface area is 162 Å². The van der Waals surface area contributed by atoms with Crippen molar-refractivity contribution in [3.8, 4) is 0 Å². The van der Waals surface area contributed by atoms with Crippen LogP contribution in [0.1, 0.15) is 11.1 Å². The first-order valence-corrected chi connectivity index (χ1v) is 9.64. The first-order valence-electron chi connectivity index (χ1n) is 9.26. The van der Waals surface area contributed by atoms with E-state index in [1.54, 1.807) is 0 Å². The van der Waals surface area contributed by atoms with Crippen molar-refractivity contribution in [3.63, 3.8) is 0 Å². The molecule has 6 nitrogen and oxygen atoms in total. The van der Waals surface area contributed by atoms with Gasteiger partial charge < -0.3 is 4.98 Å². The zero-order valence-electron chi connectivity index (χ0n) is 15.1. The highest BCUT2D eigenvalue weighted by Gasteiger charge is 2.35. The largest absolute Gasteiger partial charge is 0.345 e. The fourth-order valence-electron chi connectivity index (χ4n) is 4.87. The molecule has 0 spiro atoms. The topological polar surface area (TPSA) is 68.4 Å². The van der Waals surface area contributed by atoms with Crippen LogP contribution in [-0.2, 0) is 16.0 Å². The van der Waals surface area contributed by atoms with Crippen molar-refractivity contribution < 1.29 is 9.59 Å². The minimum Gasteiger partial charge on any atom is -0.345 e. The second-order valence-corrected chi connectivity index (χ2v) is 8.21. The Morgan fingerprint density at radius 3 is 2.78 bits per heavy atom. The second kappa shape index (κ2) is 6.19. The number of hydrogen-bond donors (Lipinski definition) is 2. The third-order valence-corrected chi connectivity index (χ3v) is 6.24. The molecule has 27 heavy (non-hydrogen) atoms. The molecule has 2 aromatic rings. The van der Waals surface area contributed by atoms with E-state index in [2.05, 4.69) is 46.5 Å². The minimum atomic E-state index is -0.213. The van der Waals surface area contributed by atoms with Crippen LogP contribution in [0.15, 0.2) is 24.3 Å². The molecular weight excluding hydrogens is 364 g/mol. The Bertz CT molecular complexity index is 979. The summed E-state index contributed by atoms with van der Waals surface area (Å²) in [6.07, 6.45) is 3.25. The van der Waals surface area contributed by atoms with Gasteiger partial charge in [0.15, 0.2) is 0 Å². The number of likely N-dealkylation sites (N-methyl/N-ethyl adjacent to an activating group) is 1. The van der Waals surface area contributed by atoms with Gasteiger partial charge in [-0.25, -0.2) is 0 Å². The molecule has 1 aromatic carbocycles. The van der Waals surface area contributed by atoms with Gasteiger partial charge in [-0.2, -0.15) is 0 Å². The monoisotopic (exact) mass is 384 g/mol. The number of imide groups is 1. The molecule has 2 N–H and O–H groups in total. The van der Waals surface area contributed by atoms with Gasteiger partial charge in [0, 0.05) is 36.0 Å². The third-order valence-electron chi connectivity index (χ3n) is 5.92. The summed E-state index contributed by atoms with van der Waals surface area (Å²) in [5, 5.41) is 4.33. The summed E-state index contributed by atoms with van der Waals surface area (Å²) in [6.45, 7) is 2.17. The standard InChI is InChI=1S/C20H21ClN4O2/c1-24-7-11(8-25-9-17(26)23-18(27)10-25)5-13-12-3-2-4-15-19(12)14(6-16(13)24)20(21)22-15/h2-5,11,16,22H,6-10H2,1H3,(H,23,26,27)/t11?,16-/m1/s1. The Morgan fingerprint density at radius 2 is 2.00 bits per heavy atom. The summed E-state index contributed by atoms with van der Waals surface area (Å²) >= 11 is 6.47. The first kappa shape index (κ1) is 17.0. The maximum atomic E-state index is 11.7. The summed E-state index contributed by atoms with van der Waals surface area (Å²) in [5.41, 5.74) is 4.85. The Morgan fingerprint density at radius 1 is 1.22 bits per heavy atom. The van der Waals surface area contributed by atoms with E-state index in [-0.39, 0.29) is 30.8 Å². The molecule has 1 aliphatic carbocycles. The van der Waals surface area contributed by atoms with Gasteiger partial charge in [-0.05, 0) is 36.2 Å². The number of carbonyl (C=O) groups excluding carboxylic acids is 2. The molecule has 2 amide bonds. The van der Waals surface area contributed by atoms with Crippen LogP contribution in [0.2, 0.25) is 5.15 Å². The van der Waals surface area contributed by atoms with Crippen molar-refractivity contribution in [2.45, 2.75) is 12.5 Å². The number of carbonyl (C=O) groups is 2. The first-order chi connectivity index (χ1) is 13.0. The average molecular weight is 385 g/mol. The lowest BCUT2D eigenvalue weighted by Crippen LogP contribution is -2.53. The molecule has 0 bridgehead atoms. The number of hydrogen-bond acceptors (Lipinski definition) is 4.